The number of nitrogens with one attached hydrogen (secondary N) is 1. The monoisotopic (exact) mass is 280 g/mol. The van der Waals surface area contributed by atoms with Crippen molar-refractivity contribution < 1.29 is 4.42 Å². The lowest BCUT2D eigenvalue weighted by Crippen LogP contribution is -2.18. The van der Waals surface area contributed by atoms with Gasteiger partial charge in [-0.2, -0.15) is 0 Å². The topological polar surface area (TPSA) is 38.1 Å². The molecule has 0 radical (unpaired) electrons. The zero-order valence-electron chi connectivity index (χ0n) is 8.98. The van der Waals surface area contributed by atoms with Crippen molar-refractivity contribution in [1.82, 2.24) is 10.3 Å². The third-order valence-electron chi connectivity index (χ3n) is 2.50. The lowest BCUT2D eigenvalue weighted by Gasteiger charge is -2.14. The Kier molecular flexibility index (Phi) is 3.74. The van der Waals surface area contributed by atoms with Crippen LogP contribution in [0.5, 0.6) is 0 Å². The van der Waals surface area contributed by atoms with E-state index in [1.54, 1.807) is 18.7 Å². The Morgan fingerprint density at radius 2 is 2.12 bits per heavy atom. The highest BCUT2D eigenvalue weighted by Gasteiger charge is 2.16. The minimum Gasteiger partial charge on any atom is -0.466 e. The van der Waals surface area contributed by atoms with Gasteiger partial charge in [0.05, 0.1) is 16.8 Å². The van der Waals surface area contributed by atoms with Crippen molar-refractivity contribution in [3.8, 4) is 0 Å². The fraction of sp³-hybridized carbons (Fsp3) is 0.250. The van der Waals surface area contributed by atoms with E-state index in [0.29, 0.717) is 0 Å². The van der Waals surface area contributed by atoms with Crippen molar-refractivity contribution in [3.05, 3.63) is 52.7 Å². The molecule has 0 fully saturated rings. The molecule has 0 aromatic carbocycles. The van der Waals surface area contributed by atoms with Crippen LogP contribution in [0.3, 0.4) is 0 Å². The average Bonchev–Trinajstić information content (AvgIpc) is 2.74. The van der Waals surface area contributed by atoms with Gasteiger partial charge in [0.1, 0.15) is 5.76 Å². The van der Waals surface area contributed by atoms with Gasteiger partial charge in [-0.3, -0.25) is 4.98 Å². The molecular weight excluding hydrogens is 268 g/mol. The van der Waals surface area contributed by atoms with Gasteiger partial charge in [0.15, 0.2) is 0 Å². The number of nitrogens with zero attached hydrogens (tertiary/aromatic N) is 1. The molecule has 0 bridgehead atoms. The number of hydrogen-bond donors (Lipinski definition) is 1. The van der Waals surface area contributed by atoms with Crippen LogP contribution in [0.25, 0.3) is 0 Å². The van der Waals surface area contributed by atoms with E-state index < -0.39 is 0 Å². The molecule has 2 rings (SSSR count). The van der Waals surface area contributed by atoms with E-state index in [0.717, 1.165) is 16.7 Å². The summed E-state index contributed by atoms with van der Waals surface area (Å²) < 4.78 is 6.47. The van der Waals surface area contributed by atoms with Crippen LogP contribution in [0.4, 0.5) is 0 Å². The molecule has 0 aliphatic heterocycles. The smallest absolute Gasteiger partial charge is 0.135 e. The Hall–Kier alpha value is -1.13. The molecule has 4 heteroatoms. The Bertz CT molecular complexity index is 441. The fourth-order valence-corrected chi connectivity index (χ4v) is 2.11. The molecule has 84 valence electrons. The molecule has 0 spiro atoms. The second-order valence-electron chi connectivity index (χ2n) is 3.53. The van der Waals surface area contributed by atoms with Gasteiger partial charge in [0.25, 0.3) is 0 Å². The molecule has 2 aromatic rings. The molecule has 0 saturated heterocycles. The first-order valence-electron chi connectivity index (χ1n) is 5.10. The maximum Gasteiger partial charge on any atom is 0.135 e. The Labute approximate surface area is 103 Å². The van der Waals surface area contributed by atoms with Crippen LogP contribution < -0.4 is 5.32 Å². The number of rotatable bonds is 4. The van der Waals surface area contributed by atoms with E-state index >= 15 is 0 Å². The summed E-state index contributed by atoms with van der Waals surface area (Å²) in [5.41, 5.74) is 1.23. The minimum absolute atomic E-state index is 0.173. The number of furan rings is 1. The number of pyridine rings is 1. The molecule has 0 aliphatic carbocycles. The predicted molar refractivity (Wildman–Crippen MR) is 66.1 cm³/mol. The van der Waals surface area contributed by atoms with Crippen molar-refractivity contribution in [2.45, 2.75) is 12.5 Å². The highest BCUT2D eigenvalue weighted by Crippen LogP contribution is 2.26. The van der Waals surface area contributed by atoms with E-state index in [-0.39, 0.29) is 6.04 Å². The van der Waals surface area contributed by atoms with E-state index in [2.05, 4.69) is 26.2 Å². The van der Waals surface area contributed by atoms with Gasteiger partial charge in [-0.1, -0.05) is 0 Å². The van der Waals surface area contributed by atoms with Crippen LogP contribution in [0.1, 0.15) is 17.4 Å². The molecule has 1 atom stereocenters. The third kappa shape index (κ3) is 2.51. The summed E-state index contributed by atoms with van der Waals surface area (Å²) >= 11 is 3.47. The average molecular weight is 281 g/mol. The summed E-state index contributed by atoms with van der Waals surface area (Å²) in [6.45, 7) is 0. The lowest BCUT2D eigenvalue weighted by molar-refractivity contribution is 0.427. The Morgan fingerprint density at radius 1 is 1.38 bits per heavy atom. The molecule has 1 N–H and O–H groups in total. The maximum atomic E-state index is 5.46. The number of halogens is 1. The van der Waals surface area contributed by atoms with Gasteiger partial charge in [-0.25, -0.2) is 0 Å². The van der Waals surface area contributed by atoms with Crippen molar-refractivity contribution in [2.24, 2.45) is 0 Å². The van der Waals surface area contributed by atoms with Crippen molar-refractivity contribution in [2.75, 3.05) is 7.05 Å². The predicted octanol–water partition coefficient (Wildman–Crippen LogP) is 2.94. The zero-order valence-corrected chi connectivity index (χ0v) is 10.6. The SMILES string of the molecule is CNC(Cc1ccncc1)c1occc1Br. The molecule has 2 aromatic heterocycles. The van der Waals surface area contributed by atoms with E-state index in [9.17, 15) is 0 Å². The van der Waals surface area contributed by atoms with Crippen LogP contribution in [0.15, 0.2) is 45.7 Å². The fourth-order valence-electron chi connectivity index (χ4n) is 1.63. The van der Waals surface area contributed by atoms with Gasteiger partial charge in [-0.05, 0) is 53.2 Å². The second-order valence-corrected chi connectivity index (χ2v) is 4.39. The molecular formula is C12H13BrN2O. The van der Waals surface area contributed by atoms with Crippen molar-refractivity contribution >= 4 is 15.9 Å². The molecule has 0 aliphatic rings. The largest absolute Gasteiger partial charge is 0.466 e. The number of aromatic nitrogens is 1. The first-order valence-corrected chi connectivity index (χ1v) is 5.89. The normalized spacial score (nSPS) is 12.6. The summed E-state index contributed by atoms with van der Waals surface area (Å²) in [5.74, 6) is 0.930. The van der Waals surface area contributed by atoms with Crippen LogP contribution in [-0.2, 0) is 6.42 Å². The summed E-state index contributed by atoms with van der Waals surface area (Å²) in [5, 5.41) is 3.25. The molecule has 0 saturated carbocycles. The summed E-state index contributed by atoms with van der Waals surface area (Å²) in [6.07, 6.45) is 6.18. The molecule has 1 unspecified atom stereocenters. The Morgan fingerprint density at radius 3 is 2.69 bits per heavy atom. The van der Waals surface area contributed by atoms with Crippen molar-refractivity contribution in [3.63, 3.8) is 0 Å². The van der Waals surface area contributed by atoms with Crippen molar-refractivity contribution in [1.29, 1.82) is 0 Å². The van der Waals surface area contributed by atoms with Gasteiger partial charge in [0, 0.05) is 12.4 Å². The van der Waals surface area contributed by atoms with E-state index in [4.69, 9.17) is 4.42 Å². The number of likely N-dealkylation sites (N-methyl/N-ethyl adjacent to an activating group) is 1. The minimum atomic E-state index is 0.173. The summed E-state index contributed by atoms with van der Waals surface area (Å²) in [4.78, 5) is 4.01. The van der Waals surface area contributed by atoms with E-state index in [1.807, 2.05) is 25.2 Å². The van der Waals surface area contributed by atoms with Gasteiger partial charge < -0.3 is 9.73 Å². The quantitative estimate of drug-likeness (QED) is 0.936. The van der Waals surface area contributed by atoms with Gasteiger partial charge in [0.2, 0.25) is 0 Å². The lowest BCUT2D eigenvalue weighted by atomic mass is 10.1. The highest BCUT2D eigenvalue weighted by atomic mass is 79.9. The third-order valence-corrected chi connectivity index (χ3v) is 3.15. The van der Waals surface area contributed by atoms with Crippen LogP contribution in [0.2, 0.25) is 0 Å². The van der Waals surface area contributed by atoms with Gasteiger partial charge in [-0.15, -0.1) is 0 Å². The van der Waals surface area contributed by atoms with Crippen LogP contribution in [0, 0.1) is 0 Å². The molecule has 16 heavy (non-hydrogen) atoms. The summed E-state index contributed by atoms with van der Waals surface area (Å²) in [6, 6.07) is 6.11. The molecule has 0 amide bonds. The second kappa shape index (κ2) is 5.27. The van der Waals surface area contributed by atoms with E-state index in [1.165, 1.54) is 5.56 Å². The van der Waals surface area contributed by atoms with Crippen LogP contribution >= 0.6 is 15.9 Å². The first-order chi connectivity index (χ1) is 7.81. The number of hydrogen-bond acceptors (Lipinski definition) is 3. The van der Waals surface area contributed by atoms with Crippen LogP contribution in [-0.4, -0.2) is 12.0 Å². The zero-order chi connectivity index (χ0) is 11.4. The van der Waals surface area contributed by atoms with Gasteiger partial charge >= 0.3 is 0 Å². The Balaban J connectivity index is 2.16. The molecule has 2 heterocycles. The standard InChI is InChI=1S/C12H13BrN2O/c1-14-11(12-10(13)4-7-16-12)8-9-2-5-15-6-3-9/h2-7,11,14H,8H2,1H3. The molecule has 3 nitrogen and oxygen atoms in total. The maximum absolute atomic E-state index is 5.46. The summed E-state index contributed by atoms with van der Waals surface area (Å²) in [7, 11) is 1.93. The first kappa shape index (κ1) is 11.4. The highest BCUT2D eigenvalue weighted by molar-refractivity contribution is 9.10.